The van der Waals surface area contributed by atoms with Crippen LogP contribution < -0.4 is 32.0 Å². The van der Waals surface area contributed by atoms with Gasteiger partial charge in [0.05, 0.1) is 25.7 Å². The Kier molecular flexibility index (Phi) is 12.7. The van der Waals surface area contributed by atoms with Crippen LogP contribution in [0.1, 0.15) is 27.7 Å². The summed E-state index contributed by atoms with van der Waals surface area (Å²) in [6, 6.07) is 13.3. The van der Waals surface area contributed by atoms with Crippen LogP contribution in [-0.4, -0.2) is 73.7 Å². The molecule has 0 aliphatic carbocycles. The van der Waals surface area contributed by atoms with E-state index in [1.807, 2.05) is 0 Å². The number of rotatable bonds is 12. The van der Waals surface area contributed by atoms with Crippen LogP contribution in [0.15, 0.2) is 80.4 Å². The van der Waals surface area contributed by atoms with Gasteiger partial charge in [-0.25, -0.2) is 29.1 Å². The van der Waals surface area contributed by atoms with Crippen molar-refractivity contribution in [3.63, 3.8) is 0 Å². The van der Waals surface area contributed by atoms with Crippen LogP contribution in [-0.2, 0) is 60.3 Å². The van der Waals surface area contributed by atoms with Gasteiger partial charge in [0.15, 0.2) is 33.5 Å². The SMILES string of the molecule is Cn1c(=O)c2c(ncn2CCOC(=O)C(C)(C)Oc2ccc(Cl)cc2)n(C)c1=O.Cn1c(=O)c2c(ncn2CCOC(=O)C(C)(C)Oc2ccc(Cl)cc2)n(C)c1=O. The number of carbonyl (C=O) groups excluding carboxylic acids is 2. The molecule has 0 bridgehead atoms. The van der Waals surface area contributed by atoms with Gasteiger partial charge in [0, 0.05) is 38.2 Å². The van der Waals surface area contributed by atoms with E-state index in [9.17, 15) is 28.8 Å². The zero-order valence-corrected chi connectivity index (χ0v) is 34.5. The molecule has 0 saturated heterocycles. The number of esters is 2. The maximum absolute atomic E-state index is 12.4. The van der Waals surface area contributed by atoms with E-state index in [2.05, 4.69) is 9.97 Å². The van der Waals surface area contributed by atoms with Gasteiger partial charge in [-0.1, -0.05) is 23.2 Å². The fraction of sp³-hybridized carbons (Fsp3) is 0.368. The molecule has 0 aliphatic heterocycles. The lowest BCUT2D eigenvalue weighted by molar-refractivity contribution is -0.160. The Balaban J connectivity index is 0.000000221. The van der Waals surface area contributed by atoms with Crippen molar-refractivity contribution in [2.45, 2.75) is 52.0 Å². The lowest BCUT2D eigenvalue weighted by atomic mass is 10.1. The maximum Gasteiger partial charge on any atom is 0.349 e. The molecule has 0 saturated carbocycles. The van der Waals surface area contributed by atoms with Gasteiger partial charge in [-0.2, -0.15) is 0 Å². The third-order valence-electron chi connectivity index (χ3n) is 8.92. The molecule has 18 nitrogen and oxygen atoms in total. The van der Waals surface area contributed by atoms with Crippen molar-refractivity contribution in [2.75, 3.05) is 13.2 Å². The fourth-order valence-corrected chi connectivity index (χ4v) is 5.88. The first-order valence-corrected chi connectivity index (χ1v) is 18.4. The van der Waals surface area contributed by atoms with Crippen LogP contribution in [0.4, 0.5) is 0 Å². The number of aromatic nitrogens is 8. The third-order valence-corrected chi connectivity index (χ3v) is 9.43. The summed E-state index contributed by atoms with van der Waals surface area (Å²) < 4.78 is 29.8. The Hall–Kier alpha value is -6.14. The molecule has 58 heavy (non-hydrogen) atoms. The average molecular weight is 842 g/mol. The Morgan fingerprint density at radius 1 is 0.569 bits per heavy atom. The summed E-state index contributed by atoms with van der Waals surface area (Å²) in [5, 5.41) is 1.13. The predicted octanol–water partition coefficient (Wildman–Crippen LogP) is 2.98. The molecular formula is C38H42Cl2N8O10. The van der Waals surface area contributed by atoms with Gasteiger partial charge < -0.3 is 28.1 Å². The summed E-state index contributed by atoms with van der Waals surface area (Å²) >= 11 is 11.7. The molecule has 0 unspecified atom stereocenters. The second kappa shape index (κ2) is 17.2. The number of hydrogen-bond donors (Lipinski definition) is 0. The van der Waals surface area contributed by atoms with Gasteiger partial charge in [-0.05, 0) is 76.2 Å². The second-order valence-electron chi connectivity index (χ2n) is 14.0. The van der Waals surface area contributed by atoms with Crippen molar-refractivity contribution in [2.24, 2.45) is 28.2 Å². The van der Waals surface area contributed by atoms with Crippen molar-refractivity contribution in [3.8, 4) is 11.5 Å². The van der Waals surface area contributed by atoms with Crippen LogP contribution in [0.2, 0.25) is 10.0 Å². The highest BCUT2D eigenvalue weighted by atomic mass is 35.5. The molecule has 0 radical (unpaired) electrons. The molecule has 0 spiro atoms. The highest BCUT2D eigenvalue weighted by Gasteiger charge is 2.33. The largest absolute Gasteiger partial charge is 0.476 e. The van der Waals surface area contributed by atoms with E-state index in [1.165, 1.54) is 50.0 Å². The summed E-state index contributed by atoms with van der Waals surface area (Å²) in [4.78, 5) is 81.9. The van der Waals surface area contributed by atoms with Gasteiger partial charge in [-0.3, -0.25) is 27.9 Å². The van der Waals surface area contributed by atoms with E-state index in [0.717, 1.165) is 9.13 Å². The van der Waals surface area contributed by atoms with Gasteiger partial charge in [0.1, 0.15) is 24.7 Å². The van der Waals surface area contributed by atoms with Crippen LogP contribution in [0.3, 0.4) is 0 Å². The standard InChI is InChI=1S/2C19H21ClN4O5/c2*1-19(2,29-13-7-5-12(20)6-8-13)17(26)28-10-9-24-11-21-15-14(24)16(25)23(4)18(27)22(15)3/h2*5-8,11H,9-10H2,1-4H3. The lowest BCUT2D eigenvalue weighted by Crippen LogP contribution is -2.40. The molecule has 0 amide bonds. The van der Waals surface area contributed by atoms with Crippen LogP contribution in [0, 0.1) is 0 Å². The predicted molar refractivity (Wildman–Crippen MR) is 215 cm³/mol. The minimum Gasteiger partial charge on any atom is -0.476 e. The maximum atomic E-state index is 12.4. The average Bonchev–Trinajstić information content (AvgIpc) is 3.81. The molecule has 2 aromatic carbocycles. The normalized spacial score (nSPS) is 11.6. The minimum atomic E-state index is -1.22. The van der Waals surface area contributed by atoms with Gasteiger partial charge in [-0.15, -0.1) is 0 Å². The van der Waals surface area contributed by atoms with Gasteiger partial charge in [0.25, 0.3) is 11.1 Å². The quantitative estimate of drug-likeness (QED) is 0.164. The van der Waals surface area contributed by atoms with Crippen molar-refractivity contribution in [1.82, 2.24) is 37.4 Å². The zero-order valence-electron chi connectivity index (χ0n) is 33.0. The number of fused-ring (bicyclic) bond motifs is 2. The van der Waals surface area contributed by atoms with Crippen LogP contribution in [0.5, 0.6) is 11.5 Å². The molecule has 6 aromatic rings. The smallest absolute Gasteiger partial charge is 0.349 e. The first-order valence-electron chi connectivity index (χ1n) is 17.7. The molecule has 4 heterocycles. The molecule has 20 heteroatoms. The number of imidazole rings is 2. The molecule has 0 atom stereocenters. The molecular weight excluding hydrogens is 799 g/mol. The Morgan fingerprint density at radius 2 is 0.897 bits per heavy atom. The number of carbonyl (C=O) groups is 2. The first kappa shape index (κ1) is 43.0. The molecule has 0 aliphatic rings. The van der Waals surface area contributed by atoms with Gasteiger partial charge in [0.2, 0.25) is 0 Å². The third kappa shape index (κ3) is 9.18. The van der Waals surface area contributed by atoms with E-state index in [4.69, 9.17) is 42.1 Å². The van der Waals surface area contributed by atoms with E-state index in [-0.39, 0.29) is 48.6 Å². The molecule has 4 aromatic heterocycles. The molecule has 0 fully saturated rings. The lowest BCUT2D eigenvalue weighted by Gasteiger charge is -2.24. The van der Waals surface area contributed by atoms with Crippen molar-refractivity contribution >= 4 is 57.5 Å². The highest BCUT2D eigenvalue weighted by Crippen LogP contribution is 2.23. The number of aryl methyl sites for hydroxylation is 2. The molecule has 308 valence electrons. The monoisotopic (exact) mass is 840 g/mol. The fourth-order valence-electron chi connectivity index (χ4n) is 5.63. The van der Waals surface area contributed by atoms with E-state index >= 15 is 0 Å². The number of hydrogen-bond acceptors (Lipinski definition) is 12. The molecule has 6 rings (SSSR count). The summed E-state index contributed by atoms with van der Waals surface area (Å²) in [5.41, 5.74) is -3.19. The van der Waals surface area contributed by atoms with E-state index in [0.29, 0.717) is 21.5 Å². The topological polar surface area (TPSA) is 195 Å². The Labute approximate surface area is 340 Å². The highest BCUT2D eigenvalue weighted by molar-refractivity contribution is 6.30. The zero-order chi connectivity index (χ0) is 42.7. The first-order chi connectivity index (χ1) is 27.2. The van der Waals surface area contributed by atoms with E-state index < -0.39 is 45.6 Å². The second-order valence-corrected chi connectivity index (χ2v) is 14.9. The number of benzene rings is 2. The minimum absolute atomic E-state index is 0.00367. The summed E-state index contributed by atoms with van der Waals surface area (Å²) in [6.45, 7) is 6.81. The van der Waals surface area contributed by atoms with E-state index in [1.54, 1.807) is 85.4 Å². The number of halogens is 2. The van der Waals surface area contributed by atoms with Crippen molar-refractivity contribution in [1.29, 1.82) is 0 Å². The summed E-state index contributed by atoms with van der Waals surface area (Å²) in [5.74, 6) is -0.142. The molecule has 0 N–H and O–H groups in total. The number of nitrogens with zero attached hydrogens (tertiary/aromatic N) is 8. The van der Waals surface area contributed by atoms with Crippen molar-refractivity contribution < 1.29 is 28.5 Å². The van der Waals surface area contributed by atoms with Crippen molar-refractivity contribution in [3.05, 3.63) is 113 Å². The number of ether oxygens (including phenoxy) is 4. The Morgan fingerprint density at radius 3 is 1.22 bits per heavy atom. The van der Waals surface area contributed by atoms with Crippen LogP contribution >= 0.6 is 23.2 Å². The van der Waals surface area contributed by atoms with Gasteiger partial charge >= 0.3 is 23.3 Å². The van der Waals surface area contributed by atoms with Crippen LogP contribution in [0.25, 0.3) is 22.3 Å². The summed E-state index contributed by atoms with van der Waals surface area (Å²) in [6.07, 6.45) is 2.88. The Bertz CT molecular complexity index is 2540. The summed E-state index contributed by atoms with van der Waals surface area (Å²) in [7, 11) is 5.88.